The van der Waals surface area contributed by atoms with Gasteiger partial charge in [-0.25, -0.2) is 9.59 Å². The Morgan fingerprint density at radius 1 is 1.00 bits per heavy atom. The summed E-state index contributed by atoms with van der Waals surface area (Å²) >= 11 is 0. The van der Waals surface area contributed by atoms with Crippen LogP contribution in [0.2, 0.25) is 0 Å². The van der Waals surface area contributed by atoms with Crippen molar-refractivity contribution in [3.8, 4) is 0 Å². The summed E-state index contributed by atoms with van der Waals surface area (Å²) < 4.78 is 10.9. The van der Waals surface area contributed by atoms with Gasteiger partial charge in [0.15, 0.2) is 0 Å². The predicted molar refractivity (Wildman–Crippen MR) is 124 cm³/mol. The van der Waals surface area contributed by atoms with Crippen molar-refractivity contribution in [2.24, 2.45) is 0 Å². The Kier molecular flexibility index (Phi) is 8.09. The molecule has 0 aliphatic carbocycles. The highest BCUT2D eigenvalue weighted by molar-refractivity contribution is 5.90. The van der Waals surface area contributed by atoms with Crippen LogP contribution in [0.1, 0.15) is 44.7 Å². The number of ether oxygens (including phenoxy) is 2. The second-order valence-electron chi connectivity index (χ2n) is 9.17. The van der Waals surface area contributed by atoms with Crippen LogP contribution in [0.5, 0.6) is 0 Å². The molecule has 3 rings (SSSR count). The van der Waals surface area contributed by atoms with Gasteiger partial charge in [0.1, 0.15) is 24.3 Å². The maximum absolute atomic E-state index is 13.5. The van der Waals surface area contributed by atoms with Crippen LogP contribution in [0.4, 0.5) is 4.79 Å². The molecule has 0 bridgehead atoms. The lowest BCUT2D eigenvalue weighted by atomic mass is 10.0. The summed E-state index contributed by atoms with van der Waals surface area (Å²) in [7, 11) is 0. The highest BCUT2D eigenvalue weighted by Gasteiger charge is 2.39. The van der Waals surface area contributed by atoms with Crippen LogP contribution in [0.3, 0.4) is 0 Å². The van der Waals surface area contributed by atoms with E-state index < -0.39 is 29.7 Å². The van der Waals surface area contributed by atoms with E-state index in [0.29, 0.717) is 25.8 Å². The number of hydrogen-bond donors (Lipinski definition) is 1. The van der Waals surface area contributed by atoms with Gasteiger partial charge in [-0.3, -0.25) is 4.79 Å². The Morgan fingerprint density at radius 2 is 1.61 bits per heavy atom. The first kappa shape index (κ1) is 24.3. The molecule has 2 aromatic rings. The van der Waals surface area contributed by atoms with Crippen LogP contribution in [0, 0.1) is 0 Å². The summed E-state index contributed by atoms with van der Waals surface area (Å²) in [5, 5.41) is 2.71. The number of alkyl carbamates (subject to hydrolysis) is 1. The first-order valence-corrected chi connectivity index (χ1v) is 11.3. The lowest BCUT2D eigenvalue weighted by Gasteiger charge is -2.29. The molecule has 1 fully saturated rings. The van der Waals surface area contributed by atoms with E-state index in [1.807, 2.05) is 60.7 Å². The Morgan fingerprint density at radius 3 is 2.21 bits per heavy atom. The smallest absolute Gasteiger partial charge is 0.408 e. The third-order valence-corrected chi connectivity index (χ3v) is 5.30. The van der Waals surface area contributed by atoms with Crippen molar-refractivity contribution in [2.45, 2.75) is 64.3 Å². The molecule has 1 aliphatic heterocycles. The summed E-state index contributed by atoms with van der Waals surface area (Å²) in [4.78, 5) is 40.3. The minimum absolute atomic E-state index is 0.155. The molecule has 7 heteroatoms. The van der Waals surface area contributed by atoms with Gasteiger partial charge >= 0.3 is 12.1 Å². The molecule has 0 spiro atoms. The third kappa shape index (κ3) is 7.34. The molecule has 0 unspecified atom stereocenters. The molecule has 2 aromatic carbocycles. The van der Waals surface area contributed by atoms with Gasteiger partial charge in [0.2, 0.25) is 5.91 Å². The summed E-state index contributed by atoms with van der Waals surface area (Å²) in [6.07, 6.45) is 0.853. The fourth-order valence-corrected chi connectivity index (χ4v) is 3.80. The molecule has 0 radical (unpaired) electrons. The molecule has 2 atom stereocenters. The van der Waals surface area contributed by atoms with E-state index in [1.54, 1.807) is 20.8 Å². The first-order chi connectivity index (χ1) is 15.7. The average Bonchev–Trinajstić information content (AvgIpc) is 3.27. The summed E-state index contributed by atoms with van der Waals surface area (Å²) in [6, 6.07) is 17.3. The number of carbonyl (C=O) groups excluding carboxylic acids is 3. The predicted octanol–water partition coefficient (Wildman–Crippen LogP) is 3.86. The molecule has 1 saturated heterocycles. The van der Waals surface area contributed by atoms with E-state index in [-0.39, 0.29) is 12.5 Å². The molecule has 176 valence electrons. The van der Waals surface area contributed by atoms with E-state index in [1.165, 1.54) is 4.90 Å². The van der Waals surface area contributed by atoms with Gasteiger partial charge in [-0.2, -0.15) is 0 Å². The van der Waals surface area contributed by atoms with Crippen LogP contribution < -0.4 is 5.32 Å². The molecule has 1 N–H and O–H groups in total. The Labute approximate surface area is 195 Å². The van der Waals surface area contributed by atoms with Crippen molar-refractivity contribution in [3.05, 3.63) is 71.8 Å². The van der Waals surface area contributed by atoms with Gasteiger partial charge in [0.25, 0.3) is 0 Å². The average molecular weight is 453 g/mol. The quantitative estimate of drug-likeness (QED) is 0.645. The van der Waals surface area contributed by atoms with Crippen molar-refractivity contribution >= 4 is 18.0 Å². The summed E-state index contributed by atoms with van der Waals surface area (Å²) in [5.41, 5.74) is 1.09. The second kappa shape index (κ2) is 11.0. The van der Waals surface area contributed by atoms with E-state index in [2.05, 4.69) is 5.32 Å². The zero-order valence-corrected chi connectivity index (χ0v) is 19.5. The number of amides is 2. The third-order valence-electron chi connectivity index (χ3n) is 5.30. The largest absolute Gasteiger partial charge is 0.459 e. The topological polar surface area (TPSA) is 84.9 Å². The van der Waals surface area contributed by atoms with Crippen molar-refractivity contribution in [2.75, 3.05) is 6.54 Å². The molecule has 33 heavy (non-hydrogen) atoms. The number of esters is 1. The normalized spacial score (nSPS) is 16.7. The van der Waals surface area contributed by atoms with Crippen LogP contribution in [-0.4, -0.2) is 47.1 Å². The van der Waals surface area contributed by atoms with Gasteiger partial charge in [-0.1, -0.05) is 60.7 Å². The zero-order valence-electron chi connectivity index (χ0n) is 19.5. The van der Waals surface area contributed by atoms with Gasteiger partial charge in [0.05, 0.1) is 0 Å². The lowest BCUT2D eigenvalue weighted by Crippen LogP contribution is -2.53. The maximum Gasteiger partial charge on any atom is 0.408 e. The van der Waals surface area contributed by atoms with E-state index in [4.69, 9.17) is 9.47 Å². The molecule has 7 nitrogen and oxygen atoms in total. The van der Waals surface area contributed by atoms with Crippen LogP contribution >= 0.6 is 0 Å². The second-order valence-corrected chi connectivity index (χ2v) is 9.17. The van der Waals surface area contributed by atoms with E-state index in [9.17, 15) is 14.4 Å². The van der Waals surface area contributed by atoms with Crippen LogP contribution in [0.25, 0.3) is 0 Å². The number of carbonyl (C=O) groups is 3. The van der Waals surface area contributed by atoms with Crippen LogP contribution in [0.15, 0.2) is 60.7 Å². The monoisotopic (exact) mass is 452 g/mol. The number of likely N-dealkylation sites (tertiary alicyclic amines) is 1. The van der Waals surface area contributed by atoms with Crippen molar-refractivity contribution < 1.29 is 23.9 Å². The van der Waals surface area contributed by atoms with Gasteiger partial charge in [-0.05, 0) is 44.7 Å². The number of hydrogen-bond acceptors (Lipinski definition) is 5. The fourth-order valence-electron chi connectivity index (χ4n) is 3.80. The lowest BCUT2D eigenvalue weighted by molar-refractivity contribution is -0.155. The van der Waals surface area contributed by atoms with Gasteiger partial charge in [0, 0.05) is 13.0 Å². The molecule has 2 amide bonds. The molecule has 0 aromatic heterocycles. The highest BCUT2D eigenvalue weighted by Crippen LogP contribution is 2.21. The SMILES string of the molecule is CC(C)(C)OC(=O)N[C@@H](Cc1ccccc1)C(=O)N1CCC[C@H]1C(=O)OCc1ccccc1. The standard InChI is InChI=1S/C26H32N2O5/c1-26(2,3)33-25(31)27-21(17-19-11-6-4-7-12-19)23(29)28-16-10-15-22(28)24(30)32-18-20-13-8-5-9-14-20/h4-9,11-14,21-22H,10,15-18H2,1-3H3,(H,27,31)/t21-,22-/m0/s1. The van der Waals surface area contributed by atoms with Crippen molar-refractivity contribution in [1.82, 2.24) is 10.2 Å². The van der Waals surface area contributed by atoms with Gasteiger partial charge in [-0.15, -0.1) is 0 Å². The number of nitrogens with one attached hydrogen (secondary N) is 1. The Hall–Kier alpha value is -3.35. The molecular formula is C26H32N2O5. The molecule has 1 aliphatic rings. The first-order valence-electron chi connectivity index (χ1n) is 11.3. The van der Waals surface area contributed by atoms with E-state index in [0.717, 1.165) is 11.1 Å². The van der Waals surface area contributed by atoms with Crippen molar-refractivity contribution in [3.63, 3.8) is 0 Å². The summed E-state index contributed by atoms with van der Waals surface area (Å²) in [6.45, 7) is 5.88. The molecular weight excluding hydrogens is 420 g/mol. The van der Waals surface area contributed by atoms with Crippen LogP contribution in [-0.2, 0) is 32.1 Å². The maximum atomic E-state index is 13.5. The minimum atomic E-state index is -0.857. The fraction of sp³-hybridized carbons (Fsp3) is 0.423. The van der Waals surface area contributed by atoms with Crippen molar-refractivity contribution in [1.29, 1.82) is 0 Å². The van der Waals surface area contributed by atoms with E-state index >= 15 is 0 Å². The van der Waals surface area contributed by atoms with Gasteiger partial charge < -0.3 is 19.7 Å². The minimum Gasteiger partial charge on any atom is -0.459 e. The highest BCUT2D eigenvalue weighted by atomic mass is 16.6. The molecule has 0 saturated carbocycles. The zero-order chi connectivity index (χ0) is 23.8. The molecule has 1 heterocycles. The number of benzene rings is 2. The Balaban J connectivity index is 1.70. The Bertz CT molecular complexity index is 940. The number of rotatable bonds is 7. The number of nitrogens with zero attached hydrogens (tertiary/aromatic N) is 1. The summed E-state index contributed by atoms with van der Waals surface area (Å²) in [5.74, 6) is -0.746.